The number of rotatable bonds is 7. The summed E-state index contributed by atoms with van der Waals surface area (Å²) in [5.74, 6) is 3.38. The molecule has 0 aliphatic carbocycles. The van der Waals surface area contributed by atoms with Gasteiger partial charge in [-0.1, -0.05) is 36.9 Å². The summed E-state index contributed by atoms with van der Waals surface area (Å²) in [6.07, 6.45) is 5.44. The minimum atomic E-state index is 0.653. The van der Waals surface area contributed by atoms with Crippen LogP contribution in [0, 0.1) is 12.8 Å². The Morgan fingerprint density at radius 3 is 2.92 bits per heavy atom. The molecule has 0 bridgehead atoms. The van der Waals surface area contributed by atoms with Crippen LogP contribution in [0.1, 0.15) is 43.3 Å². The topological polar surface area (TPSA) is 81.7 Å². The first kappa shape index (κ1) is 24.0. The van der Waals surface area contributed by atoms with Gasteiger partial charge in [-0.05, 0) is 62.3 Å². The van der Waals surface area contributed by atoms with Crippen molar-refractivity contribution in [3.63, 3.8) is 0 Å². The molecule has 0 radical (unpaired) electrons. The number of nitrogens with zero attached hydrogens (tertiary/aromatic N) is 5. The molecule has 4 heterocycles. The number of thioether (sulfide) groups is 1. The number of pyridine rings is 1. The number of anilines is 1. The highest BCUT2D eigenvalue weighted by Gasteiger charge is 2.19. The van der Waals surface area contributed by atoms with E-state index >= 15 is 0 Å². The summed E-state index contributed by atoms with van der Waals surface area (Å²) in [6, 6.07) is 14.7. The summed E-state index contributed by atoms with van der Waals surface area (Å²) in [4.78, 5) is 9.28. The maximum atomic E-state index is 5.87. The van der Waals surface area contributed by atoms with E-state index in [1.807, 2.05) is 13.0 Å². The van der Waals surface area contributed by atoms with Crippen LogP contribution in [-0.2, 0) is 19.9 Å². The summed E-state index contributed by atoms with van der Waals surface area (Å²) in [7, 11) is 2.05. The molecule has 1 aliphatic rings. The maximum Gasteiger partial charge on any atom is 0.195 e. The van der Waals surface area contributed by atoms with Crippen molar-refractivity contribution in [1.29, 1.82) is 0 Å². The Kier molecular flexibility index (Phi) is 6.59. The molecule has 1 atom stereocenters. The third kappa shape index (κ3) is 4.82. The molecule has 1 N–H and O–H groups in total. The number of nitrogens with one attached hydrogen (secondary N) is 1. The van der Waals surface area contributed by atoms with Gasteiger partial charge in [0, 0.05) is 54.2 Å². The third-order valence-electron chi connectivity index (χ3n) is 7.30. The first-order chi connectivity index (χ1) is 18.1. The number of fused-ring (bicyclic) bond motifs is 3. The quantitative estimate of drug-likeness (QED) is 0.195. The maximum absolute atomic E-state index is 5.87. The number of oxazole rings is 1. The molecule has 7 nitrogen and oxygen atoms in total. The van der Waals surface area contributed by atoms with Crippen molar-refractivity contribution in [2.75, 3.05) is 17.6 Å². The molecule has 190 valence electrons. The molecule has 6 rings (SSSR count). The van der Waals surface area contributed by atoms with Gasteiger partial charge in [-0.2, -0.15) is 0 Å². The predicted octanol–water partition coefficient (Wildman–Crippen LogP) is 6.59. The van der Waals surface area contributed by atoms with E-state index in [0.29, 0.717) is 5.92 Å². The van der Waals surface area contributed by atoms with Crippen LogP contribution < -0.4 is 5.32 Å². The lowest BCUT2D eigenvalue weighted by Crippen LogP contribution is -2.12. The molecule has 8 heteroatoms. The van der Waals surface area contributed by atoms with Crippen molar-refractivity contribution in [2.24, 2.45) is 13.0 Å². The van der Waals surface area contributed by atoms with Gasteiger partial charge in [0.15, 0.2) is 22.5 Å². The van der Waals surface area contributed by atoms with Gasteiger partial charge in [-0.25, -0.2) is 4.98 Å². The standard InChI is InChI=1S/C29H32N6OS/c1-4-27-32-25-15-20-12-11-19(17-30-24(20)16-26(25)36-27)7-6-14-37-29-34-33-28(35(29)3)22-8-5-9-23-21(22)13-10-18(2)31-23/h5,8-10,13,15-16,19,30H,4,6-7,11-12,14,17H2,1-3H3. The Bertz CT molecular complexity index is 1530. The summed E-state index contributed by atoms with van der Waals surface area (Å²) in [5, 5.41) is 14.8. The number of hydrogen-bond acceptors (Lipinski definition) is 7. The summed E-state index contributed by atoms with van der Waals surface area (Å²) >= 11 is 1.79. The van der Waals surface area contributed by atoms with E-state index < -0.39 is 0 Å². The summed E-state index contributed by atoms with van der Waals surface area (Å²) in [6.45, 7) is 5.09. The number of hydrogen-bond donors (Lipinski definition) is 1. The Balaban J connectivity index is 1.06. The van der Waals surface area contributed by atoms with Crippen LogP contribution in [0.2, 0.25) is 0 Å². The van der Waals surface area contributed by atoms with E-state index in [0.717, 1.165) is 81.7 Å². The molecular weight excluding hydrogens is 480 g/mol. The molecular formula is C29H32N6OS. The van der Waals surface area contributed by atoms with Gasteiger partial charge in [-0.3, -0.25) is 4.98 Å². The fourth-order valence-electron chi connectivity index (χ4n) is 5.21. The molecule has 0 saturated heterocycles. The lowest BCUT2D eigenvalue weighted by molar-refractivity contribution is 0.476. The van der Waals surface area contributed by atoms with Gasteiger partial charge < -0.3 is 14.3 Å². The van der Waals surface area contributed by atoms with E-state index in [9.17, 15) is 0 Å². The second kappa shape index (κ2) is 10.2. The van der Waals surface area contributed by atoms with Crippen molar-refractivity contribution in [1.82, 2.24) is 24.7 Å². The molecule has 0 spiro atoms. The zero-order valence-corrected chi connectivity index (χ0v) is 22.4. The minimum absolute atomic E-state index is 0.653. The van der Waals surface area contributed by atoms with Crippen molar-refractivity contribution in [3.05, 3.63) is 59.6 Å². The predicted molar refractivity (Wildman–Crippen MR) is 150 cm³/mol. The fraction of sp³-hybridized carbons (Fsp3) is 0.379. The SMILES string of the molecule is CCc1nc2cc3c(cc2o1)NCC(CCCSc1nnc(-c2cccc4nc(C)ccc24)n1C)CC3. The Hall–Kier alpha value is -3.39. The first-order valence-corrected chi connectivity index (χ1v) is 14.1. The Morgan fingerprint density at radius 2 is 2.03 bits per heavy atom. The zero-order chi connectivity index (χ0) is 25.4. The molecule has 0 amide bonds. The smallest absolute Gasteiger partial charge is 0.195 e. The van der Waals surface area contributed by atoms with Gasteiger partial charge in [0.2, 0.25) is 0 Å². The van der Waals surface area contributed by atoms with Crippen LogP contribution in [-0.4, -0.2) is 37.0 Å². The fourth-order valence-corrected chi connectivity index (χ4v) is 6.08. The van der Waals surface area contributed by atoms with Crippen LogP contribution >= 0.6 is 11.8 Å². The number of aromatic nitrogens is 5. The number of benzene rings is 2. The second-order valence-electron chi connectivity index (χ2n) is 9.90. The van der Waals surface area contributed by atoms with E-state index in [2.05, 4.69) is 80.4 Å². The highest BCUT2D eigenvalue weighted by atomic mass is 32.2. The normalized spacial score (nSPS) is 15.6. The van der Waals surface area contributed by atoms with Crippen molar-refractivity contribution in [3.8, 4) is 11.4 Å². The molecule has 1 aliphatic heterocycles. The van der Waals surface area contributed by atoms with Crippen molar-refractivity contribution in [2.45, 2.75) is 51.1 Å². The van der Waals surface area contributed by atoms with Crippen LogP contribution in [0.3, 0.4) is 0 Å². The van der Waals surface area contributed by atoms with Gasteiger partial charge in [0.05, 0.1) is 5.52 Å². The molecule has 0 fully saturated rings. The summed E-state index contributed by atoms with van der Waals surface area (Å²) < 4.78 is 7.98. The zero-order valence-electron chi connectivity index (χ0n) is 21.6. The van der Waals surface area contributed by atoms with Gasteiger partial charge >= 0.3 is 0 Å². The van der Waals surface area contributed by atoms with Crippen molar-refractivity contribution >= 4 is 39.5 Å². The van der Waals surface area contributed by atoms with Crippen molar-refractivity contribution < 1.29 is 4.42 Å². The Labute approximate surface area is 221 Å². The molecule has 1 unspecified atom stereocenters. The monoisotopic (exact) mass is 512 g/mol. The molecule has 5 aromatic rings. The summed E-state index contributed by atoms with van der Waals surface area (Å²) in [5.41, 5.74) is 7.50. The average molecular weight is 513 g/mol. The third-order valence-corrected chi connectivity index (χ3v) is 8.40. The Morgan fingerprint density at radius 1 is 1.11 bits per heavy atom. The first-order valence-electron chi connectivity index (χ1n) is 13.1. The van der Waals surface area contributed by atoms with Gasteiger partial charge in [0.1, 0.15) is 5.52 Å². The van der Waals surface area contributed by atoms with Crippen LogP contribution in [0.25, 0.3) is 33.4 Å². The lowest BCUT2D eigenvalue weighted by atomic mass is 9.97. The van der Waals surface area contributed by atoms with E-state index in [4.69, 9.17) is 4.42 Å². The van der Waals surface area contributed by atoms with Gasteiger partial charge in [-0.15, -0.1) is 10.2 Å². The highest BCUT2D eigenvalue weighted by Crippen LogP contribution is 2.32. The van der Waals surface area contributed by atoms with E-state index in [1.165, 1.54) is 24.1 Å². The average Bonchev–Trinajstić information content (AvgIpc) is 3.42. The van der Waals surface area contributed by atoms with Crippen LogP contribution in [0.15, 0.2) is 52.0 Å². The molecule has 3 aromatic heterocycles. The minimum Gasteiger partial charge on any atom is -0.441 e. The highest BCUT2D eigenvalue weighted by molar-refractivity contribution is 7.99. The second-order valence-corrected chi connectivity index (χ2v) is 11.0. The molecule has 2 aromatic carbocycles. The largest absolute Gasteiger partial charge is 0.441 e. The molecule has 37 heavy (non-hydrogen) atoms. The number of aryl methyl sites for hydroxylation is 3. The van der Waals surface area contributed by atoms with Gasteiger partial charge in [0.25, 0.3) is 0 Å². The lowest BCUT2D eigenvalue weighted by Gasteiger charge is -2.14. The van der Waals surface area contributed by atoms with Crippen LogP contribution in [0.5, 0.6) is 0 Å². The van der Waals surface area contributed by atoms with E-state index in [-0.39, 0.29) is 0 Å². The van der Waals surface area contributed by atoms with E-state index in [1.54, 1.807) is 11.8 Å². The molecule has 0 saturated carbocycles. The van der Waals surface area contributed by atoms with Crippen LogP contribution in [0.4, 0.5) is 5.69 Å².